The molecule has 4 unspecified atom stereocenters. The van der Waals surface area contributed by atoms with Crippen molar-refractivity contribution in [1.82, 2.24) is 10.2 Å². The molecule has 0 aromatic carbocycles. The lowest BCUT2D eigenvalue weighted by Crippen LogP contribution is -2.53. The minimum atomic E-state index is 0.0448. The van der Waals surface area contributed by atoms with Gasteiger partial charge in [-0.2, -0.15) is 0 Å². The zero-order valence-corrected chi connectivity index (χ0v) is 13.8. The van der Waals surface area contributed by atoms with Crippen LogP contribution in [0.25, 0.3) is 0 Å². The van der Waals surface area contributed by atoms with Crippen LogP contribution in [0.15, 0.2) is 0 Å². The van der Waals surface area contributed by atoms with Crippen LogP contribution in [0.5, 0.6) is 0 Å². The fraction of sp³-hybridized carbons (Fsp3) is 1.00. The second-order valence-corrected chi connectivity index (χ2v) is 7.22. The smallest absolute Gasteiger partial charge is 0.0951 e. The molecule has 0 saturated carbocycles. The summed E-state index contributed by atoms with van der Waals surface area (Å²) < 4.78 is 11.7. The maximum atomic E-state index is 6.10. The molecule has 3 rings (SSSR count). The van der Waals surface area contributed by atoms with E-state index in [2.05, 4.69) is 24.1 Å². The molecule has 3 fully saturated rings. The Morgan fingerprint density at radius 1 is 1.33 bits per heavy atom. The fourth-order valence-electron chi connectivity index (χ4n) is 4.45. The second kappa shape index (κ2) is 6.95. The molecule has 0 bridgehead atoms. The van der Waals surface area contributed by atoms with Crippen LogP contribution in [0, 0.1) is 5.92 Å². The van der Waals surface area contributed by atoms with Crippen molar-refractivity contribution >= 4 is 0 Å². The Bertz CT molecular complexity index is 331. The van der Waals surface area contributed by atoms with Crippen molar-refractivity contribution < 1.29 is 9.47 Å². The van der Waals surface area contributed by atoms with Gasteiger partial charge in [-0.1, -0.05) is 6.92 Å². The topological polar surface area (TPSA) is 33.7 Å². The summed E-state index contributed by atoms with van der Waals surface area (Å²) in [6, 6.07) is 1.35. The van der Waals surface area contributed by atoms with Crippen LogP contribution in [-0.4, -0.2) is 62.0 Å². The third kappa shape index (κ3) is 3.61. The minimum Gasteiger partial charge on any atom is -0.378 e. The van der Waals surface area contributed by atoms with Crippen molar-refractivity contribution in [3.8, 4) is 0 Å². The SMILES string of the molecule is CCNC(C)C1CCCN(C2CCOC3(CCOC3)C2)C1. The maximum Gasteiger partial charge on any atom is 0.0951 e. The third-order valence-corrected chi connectivity index (χ3v) is 5.77. The number of ether oxygens (including phenoxy) is 2. The van der Waals surface area contributed by atoms with E-state index in [9.17, 15) is 0 Å². The zero-order valence-electron chi connectivity index (χ0n) is 13.8. The molecule has 1 N–H and O–H groups in total. The van der Waals surface area contributed by atoms with Crippen LogP contribution in [0.3, 0.4) is 0 Å². The summed E-state index contributed by atoms with van der Waals surface area (Å²) in [7, 11) is 0. The predicted molar refractivity (Wildman–Crippen MR) is 84.6 cm³/mol. The van der Waals surface area contributed by atoms with Crippen molar-refractivity contribution in [3.05, 3.63) is 0 Å². The van der Waals surface area contributed by atoms with Crippen LogP contribution in [0.1, 0.15) is 46.0 Å². The van der Waals surface area contributed by atoms with Crippen molar-refractivity contribution in [2.45, 2.75) is 63.6 Å². The Morgan fingerprint density at radius 3 is 3.00 bits per heavy atom. The van der Waals surface area contributed by atoms with Gasteiger partial charge >= 0.3 is 0 Å². The monoisotopic (exact) mass is 296 g/mol. The molecular formula is C17H32N2O2. The molecule has 21 heavy (non-hydrogen) atoms. The lowest BCUT2D eigenvalue weighted by atomic mass is 9.85. The maximum absolute atomic E-state index is 6.10. The quantitative estimate of drug-likeness (QED) is 0.861. The summed E-state index contributed by atoms with van der Waals surface area (Å²) in [5, 5.41) is 3.62. The predicted octanol–water partition coefficient (Wildman–Crippen LogP) is 2.03. The summed E-state index contributed by atoms with van der Waals surface area (Å²) in [6.45, 7) is 10.8. The van der Waals surface area contributed by atoms with E-state index in [1.807, 2.05) is 0 Å². The molecule has 0 aliphatic carbocycles. The van der Waals surface area contributed by atoms with Gasteiger partial charge in [0.05, 0.1) is 12.2 Å². The normalized spacial score (nSPS) is 39.7. The van der Waals surface area contributed by atoms with Gasteiger partial charge < -0.3 is 14.8 Å². The second-order valence-electron chi connectivity index (χ2n) is 7.22. The molecule has 3 saturated heterocycles. The van der Waals surface area contributed by atoms with E-state index < -0.39 is 0 Å². The van der Waals surface area contributed by atoms with Gasteiger partial charge in [0.15, 0.2) is 0 Å². The lowest BCUT2D eigenvalue weighted by molar-refractivity contribution is -0.110. The Kier molecular flexibility index (Phi) is 5.20. The highest BCUT2D eigenvalue weighted by Crippen LogP contribution is 2.36. The Balaban J connectivity index is 1.58. The molecule has 3 heterocycles. The average molecular weight is 296 g/mol. The molecule has 4 atom stereocenters. The van der Waals surface area contributed by atoms with Gasteiger partial charge in [-0.05, 0) is 51.6 Å². The summed E-state index contributed by atoms with van der Waals surface area (Å²) in [4.78, 5) is 2.75. The van der Waals surface area contributed by atoms with E-state index in [1.54, 1.807) is 0 Å². The average Bonchev–Trinajstić information content (AvgIpc) is 2.95. The molecule has 0 aromatic rings. The molecule has 3 aliphatic heterocycles. The van der Waals surface area contributed by atoms with E-state index in [4.69, 9.17) is 9.47 Å². The van der Waals surface area contributed by atoms with Gasteiger partial charge in [-0.25, -0.2) is 0 Å². The van der Waals surface area contributed by atoms with Crippen LogP contribution in [0.2, 0.25) is 0 Å². The van der Waals surface area contributed by atoms with E-state index in [0.29, 0.717) is 12.1 Å². The minimum absolute atomic E-state index is 0.0448. The summed E-state index contributed by atoms with van der Waals surface area (Å²) in [6.07, 6.45) is 6.19. The highest BCUT2D eigenvalue weighted by atomic mass is 16.6. The standard InChI is InChI=1S/C17H32N2O2/c1-3-18-14(2)15-5-4-8-19(12-15)16-6-9-21-17(11-16)7-10-20-13-17/h14-16,18H,3-13H2,1-2H3. The van der Waals surface area contributed by atoms with Gasteiger partial charge in [0.2, 0.25) is 0 Å². The number of hydrogen-bond acceptors (Lipinski definition) is 4. The number of rotatable bonds is 4. The van der Waals surface area contributed by atoms with Gasteiger partial charge in [0.25, 0.3) is 0 Å². The Labute approximate surface area is 129 Å². The first-order chi connectivity index (χ1) is 10.2. The number of hydrogen-bond donors (Lipinski definition) is 1. The number of likely N-dealkylation sites (tertiary alicyclic amines) is 1. The van der Waals surface area contributed by atoms with Crippen molar-refractivity contribution in [3.63, 3.8) is 0 Å². The third-order valence-electron chi connectivity index (χ3n) is 5.77. The summed E-state index contributed by atoms with van der Waals surface area (Å²) >= 11 is 0. The summed E-state index contributed by atoms with van der Waals surface area (Å²) in [5.74, 6) is 0.803. The molecule has 1 spiro atoms. The molecule has 0 amide bonds. The van der Waals surface area contributed by atoms with Crippen LogP contribution in [-0.2, 0) is 9.47 Å². The van der Waals surface area contributed by atoms with Gasteiger partial charge in [0.1, 0.15) is 0 Å². The fourth-order valence-corrected chi connectivity index (χ4v) is 4.45. The van der Waals surface area contributed by atoms with Crippen molar-refractivity contribution in [1.29, 1.82) is 0 Å². The van der Waals surface area contributed by atoms with E-state index in [0.717, 1.165) is 38.7 Å². The van der Waals surface area contributed by atoms with Gasteiger partial charge in [-0.3, -0.25) is 4.90 Å². The van der Waals surface area contributed by atoms with E-state index in [-0.39, 0.29) is 5.60 Å². The van der Waals surface area contributed by atoms with E-state index in [1.165, 1.54) is 38.8 Å². The molecule has 4 nitrogen and oxygen atoms in total. The highest BCUT2D eigenvalue weighted by Gasteiger charge is 2.43. The Hall–Kier alpha value is -0.160. The number of nitrogens with zero attached hydrogens (tertiary/aromatic N) is 1. The lowest BCUT2D eigenvalue weighted by Gasteiger charge is -2.46. The largest absolute Gasteiger partial charge is 0.378 e. The van der Waals surface area contributed by atoms with Crippen LogP contribution < -0.4 is 5.32 Å². The van der Waals surface area contributed by atoms with E-state index >= 15 is 0 Å². The highest BCUT2D eigenvalue weighted by molar-refractivity contribution is 4.95. The number of nitrogens with one attached hydrogen (secondary N) is 1. The molecule has 3 aliphatic rings. The molecule has 122 valence electrons. The first-order valence-corrected chi connectivity index (χ1v) is 8.91. The van der Waals surface area contributed by atoms with Gasteiger partial charge in [-0.15, -0.1) is 0 Å². The molecule has 0 radical (unpaired) electrons. The zero-order chi connectivity index (χ0) is 14.7. The van der Waals surface area contributed by atoms with Crippen LogP contribution >= 0.6 is 0 Å². The molecule has 4 heteroatoms. The molecule has 0 aromatic heterocycles. The van der Waals surface area contributed by atoms with Gasteiger partial charge in [0, 0.05) is 38.3 Å². The first-order valence-electron chi connectivity index (χ1n) is 8.91. The number of piperidine rings is 1. The first kappa shape index (κ1) is 15.7. The molecular weight excluding hydrogens is 264 g/mol. The Morgan fingerprint density at radius 2 is 2.24 bits per heavy atom. The van der Waals surface area contributed by atoms with Crippen molar-refractivity contribution in [2.75, 3.05) is 39.5 Å². The van der Waals surface area contributed by atoms with Crippen LogP contribution in [0.4, 0.5) is 0 Å². The summed E-state index contributed by atoms with van der Waals surface area (Å²) in [5.41, 5.74) is 0.0448. The van der Waals surface area contributed by atoms with Crippen molar-refractivity contribution in [2.24, 2.45) is 5.92 Å².